The lowest BCUT2D eigenvalue weighted by atomic mass is 10.1. The number of nitrogens with one attached hydrogen (secondary N) is 1. The number of nitrogens with two attached hydrogens (primary N) is 1. The summed E-state index contributed by atoms with van der Waals surface area (Å²) in [4.78, 5) is 7.10. The van der Waals surface area contributed by atoms with E-state index in [0.29, 0.717) is 12.5 Å². The Kier molecular flexibility index (Phi) is 8.18. The highest BCUT2D eigenvalue weighted by Crippen LogP contribution is 2.26. The van der Waals surface area contributed by atoms with Gasteiger partial charge in [0, 0.05) is 0 Å². The molecule has 0 aliphatic carbocycles. The first kappa shape index (κ1) is 20.5. The monoisotopic (exact) mass is 466 g/mol. The molecule has 1 heterocycles. The largest absolute Gasteiger partial charge is 0.495 e. The van der Waals surface area contributed by atoms with Gasteiger partial charge in [-0.25, -0.2) is 0 Å². The molecule has 3 rings (SSSR count). The fourth-order valence-corrected chi connectivity index (χ4v) is 3.27. The molecule has 3 N–H and O–H groups in total. The van der Waals surface area contributed by atoms with Crippen molar-refractivity contribution in [3.63, 3.8) is 0 Å². The summed E-state index contributed by atoms with van der Waals surface area (Å²) in [5.74, 6) is 1.16. The van der Waals surface area contributed by atoms with Crippen molar-refractivity contribution in [2.24, 2.45) is 10.7 Å². The van der Waals surface area contributed by atoms with Gasteiger partial charge in [-0.15, -0.1) is 24.0 Å². The minimum atomic E-state index is 0. The second-order valence-corrected chi connectivity index (χ2v) is 6.22. The lowest BCUT2D eigenvalue weighted by Crippen LogP contribution is -2.30. The van der Waals surface area contributed by atoms with Crippen molar-refractivity contribution in [3.8, 4) is 5.75 Å². The molecule has 6 heteroatoms. The van der Waals surface area contributed by atoms with Crippen LogP contribution in [0.4, 0.5) is 5.69 Å². The first-order valence-electron chi connectivity index (χ1n) is 8.77. The predicted molar refractivity (Wildman–Crippen MR) is 119 cm³/mol. The molecule has 1 fully saturated rings. The van der Waals surface area contributed by atoms with Crippen molar-refractivity contribution in [1.82, 2.24) is 4.90 Å². The van der Waals surface area contributed by atoms with Crippen LogP contribution in [0.2, 0.25) is 0 Å². The molecule has 1 atom stereocenters. The topological polar surface area (TPSA) is 62.9 Å². The predicted octanol–water partition coefficient (Wildman–Crippen LogP) is 3.88. The molecule has 2 aromatic carbocycles. The van der Waals surface area contributed by atoms with E-state index >= 15 is 0 Å². The molecule has 0 radical (unpaired) electrons. The molecule has 0 amide bonds. The van der Waals surface area contributed by atoms with Gasteiger partial charge in [0.15, 0.2) is 5.96 Å². The zero-order valence-corrected chi connectivity index (χ0v) is 17.4. The Morgan fingerprint density at radius 2 is 1.77 bits per heavy atom. The van der Waals surface area contributed by atoms with E-state index in [0.717, 1.165) is 24.5 Å². The maximum Gasteiger partial charge on any atom is 0.193 e. The van der Waals surface area contributed by atoms with Crippen LogP contribution in [-0.4, -0.2) is 37.6 Å². The Morgan fingerprint density at radius 1 is 1.12 bits per heavy atom. The zero-order chi connectivity index (χ0) is 17.5. The molecular weight excluding hydrogens is 439 g/mol. The van der Waals surface area contributed by atoms with Gasteiger partial charge in [-0.05, 0) is 43.6 Å². The van der Waals surface area contributed by atoms with E-state index in [2.05, 4.69) is 39.5 Å². The lowest BCUT2D eigenvalue weighted by Gasteiger charge is -2.26. The average Bonchev–Trinajstić information content (AvgIpc) is 3.18. The molecule has 140 valence electrons. The summed E-state index contributed by atoms with van der Waals surface area (Å²) >= 11 is 0. The third-order valence-corrected chi connectivity index (χ3v) is 4.57. The number of anilines is 1. The van der Waals surface area contributed by atoms with Crippen LogP contribution in [0.3, 0.4) is 0 Å². The van der Waals surface area contributed by atoms with E-state index in [1.54, 1.807) is 7.11 Å². The Bertz CT molecular complexity index is 702. The van der Waals surface area contributed by atoms with Crippen molar-refractivity contribution in [2.75, 3.05) is 32.1 Å². The second-order valence-electron chi connectivity index (χ2n) is 6.22. The number of halogens is 1. The van der Waals surface area contributed by atoms with Gasteiger partial charge in [-0.2, -0.15) is 0 Å². The number of guanidine groups is 1. The normalized spacial score (nSPS) is 16.0. The lowest BCUT2D eigenvalue weighted by molar-refractivity contribution is 0.252. The number of hydrogen-bond acceptors (Lipinski definition) is 3. The Labute approximate surface area is 172 Å². The van der Waals surface area contributed by atoms with Crippen molar-refractivity contribution in [1.29, 1.82) is 0 Å². The molecule has 0 bridgehead atoms. The number of nitrogens with zero attached hydrogens (tertiary/aromatic N) is 2. The highest BCUT2D eigenvalue weighted by molar-refractivity contribution is 14.0. The molecule has 1 saturated heterocycles. The van der Waals surface area contributed by atoms with E-state index in [1.807, 2.05) is 30.3 Å². The average molecular weight is 466 g/mol. The molecule has 0 saturated carbocycles. The van der Waals surface area contributed by atoms with E-state index in [1.165, 1.54) is 18.4 Å². The molecule has 0 spiro atoms. The number of ether oxygens (including phenoxy) is 1. The van der Waals surface area contributed by atoms with E-state index in [4.69, 9.17) is 10.5 Å². The summed E-state index contributed by atoms with van der Waals surface area (Å²) in [5.41, 5.74) is 8.23. The second kappa shape index (κ2) is 10.4. The summed E-state index contributed by atoms with van der Waals surface area (Å²) in [7, 11) is 1.65. The number of rotatable bonds is 6. The van der Waals surface area contributed by atoms with Crippen LogP contribution in [0.5, 0.6) is 5.75 Å². The van der Waals surface area contributed by atoms with Gasteiger partial charge in [0.2, 0.25) is 0 Å². The quantitative estimate of drug-likeness (QED) is 0.386. The third kappa shape index (κ3) is 5.35. The standard InChI is InChI=1S/C20H26N4O.HI/c1-25-19-12-6-5-11-17(19)23-20(21)22-15-18(24-13-7-8-14-24)16-9-3-2-4-10-16;/h2-6,9-12,18H,7-8,13-15H2,1H3,(H3,21,22,23);1H. The zero-order valence-electron chi connectivity index (χ0n) is 15.1. The van der Waals surface area contributed by atoms with Gasteiger partial charge in [-0.1, -0.05) is 42.5 Å². The van der Waals surface area contributed by atoms with Crippen LogP contribution in [-0.2, 0) is 0 Å². The number of aliphatic imine (C=N–C) groups is 1. The molecule has 5 nitrogen and oxygen atoms in total. The van der Waals surface area contributed by atoms with Crippen molar-refractivity contribution < 1.29 is 4.74 Å². The van der Waals surface area contributed by atoms with E-state index in [9.17, 15) is 0 Å². The Hall–Kier alpha value is -1.80. The van der Waals surface area contributed by atoms with Gasteiger partial charge in [-0.3, -0.25) is 9.89 Å². The summed E-state index contributed by atoms with van der Waals surface area (Å²) < 4.78 is 5.34. The smallest absolute Gasteiger partial charge is 0.193 e. The highest BCUT2D eigenvalue weighted by Gasteiger charge is 2.23. The molecule has 1 unspecified atom stereocenters. The van der Waals surface area contributed by atoms with Crippen LogP contribution in [0.25, 0.3) is 0 Å². The van der Waals surface area contributed by atoms with Crippen LogP contribution in [0.15, 0.2) is 59.6 Å². The molecular formula is C20H27IN4O. The molecule has 2 aromatic rings. The number of para-hydroxylation sites is 2. The van der Waals surface area contributed by atoms with E-state index in [-0.39, 0.29) is 30.0 Å². The van der Waals surface area contributed by atoms with Crippen molar-refractivity contribution >= 4 is 35.6 Å². The maximum absolute atomic E-state index is 6.12. The summed E-state index contributed by atoms with van der Waals surface area (Å²) in [6.45, 7) is 2.88. The fraction of sp³-hybridized carbons (Fsp3) is 0.350. The van der Waals surface area contributed by atoms with E-state index < -0.39 is 0 Å². The number of methoxy groups -OCH3 is 1. The van der Waals surface area contributed by atoms with Crippen molar-refractivity contribution in [3.05, 3.63) is 60.2 Å². The first-order valence-corrected chi connectivity index (χ1v) is 8.77. The van der Waals surface area contributed by atoms with Gasteiger partial charge in [0.05, 0.1) is 25.4 Å². The molecule has 26 heavy (non-hydrogen) atoms. The number of likely N-dealkylation sites (tertiary alicyclic amines) is 1. The minimum absolute atomic E-state index is 0. The molecule has 0 aromatic heterocycles. The SMILES string of the molecule is COc1ccccc1NC(N)=NCC(c1ccccc1)N1CCCC1.I. The number of hydrogen-bond donors (Lipinski definition) is 2. The fourth-order valence-electron chi connectivity index (χ4n) is 3.27. The van der Waals surface area contributed by atoms with Crippen LogP contribution >= 0.6 is 24.0 Å². The Morgan fingerprint density at radius 3 is 2.46 bits per heavy atom. The summed E-state index contributed by atoms with van der Waals surface area (Å²) in [6.07, 6.45) is 2.50. The first-order chi connectivity index (χ1) is 12.3. The highest BCUT2D eigenvalue weighted by atomic mass is 127. The summed E-state index contributed by atoms with van der Waals surface area (Å²) in [6, 6.07) is 18.5. The Balaban J connectivity index is 0.00000243. The molecule has 1 aliphatic rings. The third-order valence-electron chi connectivity index (χ3n) is 4.57. The van der Waals surface area contributed by atoms with Crippen LogP contribution in [0, 0.1) is 0 Å². The van der Waals surface area contributed by atoms with Gasteiger partial charge < -0.3 is 15.8 Å². The minimum Gasteiger partial charge on any atom is -0.495 e. The summed E-state index contributed by atoms with van der Waals surface area (Å²) in [5, 5.41) is 3.14. The maximum atomic E-state index is 6.12. The van der Waals surface area contributed by atoms with Crippen LogP contribution < -0.4 is 15.8 Å². The van der Waals surface area contributed by atoms with Gasteiger partial charge in [0.25, 0.3) is 0 Å². The molecule has 1 aliphatic heterocycles. The van der Waals surface area contributed by atoms with Gasteiger partial charge in [0.1, 0.15) is 5.75 Å². The van der Waals surface area contributed by atoms with Gasteiger partial charge >= 0.3 is 0 Å². The van der Waals surface area contributed by atoms with Crippen molar-refractivity contribution in [2.45, 2.75) is 18.9 Å². The number of benzene rings is 2. The van der Waals surface area contributed by atoms with Crippen LogP contribution in [0.1, 0.15) is 24.4 Å².